The molecule has 25 heavy (non-hydrogen) atoms. The molecule has 0 aliphatic carbocycles. The smallest absolute Gasteiger partial charge is 0.337 e. The first-order valence-corrected chi connectivity index (χ1v) is 7.93. The molecule has 1 unspecified atom stereocenters. The van der Waals surface area contributed by atoms with Crippen LogP contribution < -0.4 is 4.31 Å². The summed E-state index contributed by atoms with van der Waals surface area (Å²) in [7, 11) is 0. The summed E-state index contributed by atoms with van der Waals surface area (Å²) < 4.78 is 24.6. The minimum atomic E-state index is -2.86. The van der Waals surface area contributed by atoms with Crippen molar-refractivity contribution in [3.05, 3.63) is 59.9 Å². The first-order chi connectivity index (χ1) is 12.0. The van der Waals surface area contributed by atoms with Gasteiger partial charge < -0.3 is 9.66 Å². The predicted octanol–water partition coefficient (Wildman–Crippen LogP) is 2.13. The predicted molar refractivity (Wildman–Crippen MR) is 88.7 cm³/mol. The van der Waals surface area contributed by atoms with E-state index < -0.39 is 17.2 Å². The fraction of sp³-hybridized carbons (Fsp3) is 0. The number of carbonyl (C=O) groups is 1. The Morgan fingerprint density at radius 1 is 1.20 bits per heavy atom. The van der Waals surface area contributed by atoms with Crippen molar-refractivity contribution in [1.29, 1.82) is 5.26 Å². The Morgan fingerprint density at radius 2 is 1.96 bits per heavy atom. The van der Waals surface area contributed by atoms with Crippen LogP contribution in [0.15, 0.2) is 48.8 Å². The zero-order valence-corrected chi connectivity index (χ0v) is 13.3. The molecule has 0 spiro atoms. The van der Waals surface area contributed by atoms with Gasteiger partial charge in [0.1, 0.15) is 5.52 Å². The molecule has 0 radical (unpaired) electrons. The molecule has 0 aliphatic rings. The Kier molecular flexibility index (Phi) is 4.38. The van der Waals surface area contributed by atoms with Crippen molar-refractivity contribution >= 4 is 39.6 Å². The van der Waals surface area contributed by atoms with Gasteiger partial charge in [-0.1, -0.05) is 6.07 Å². The second-order valence-corrected chi connectivity index (χ2v) is 5.66. The number of carboxylic acids is 1. The highest BCUT2D eigenvalue weighted by Crippen LogP contribution is 2.34. The number of benzene rings is 2. The van der Waals surface area contributed by atoms with Crippen LogP contribution in [0.2, 0.25) is 0 Å². The summed E-state index contributed by atoms with van der Waals surface area (Å²) >= 11 is -2.86. The van der Waals surface area contributed by atoms with Crippen molar-refractivity contribution in [3.8, 4) is 6.07 Å². The van der Waals surface area contributed by atoms with Crippen LogP contribution in [0.25, 0.3) is 11.0 Å². The molecule has 0 saturated heterocycles. The zero-order chi connectivity index (χ0) is 18.0. The monoisotopic (exact) mass is 353 g/mol. The van der Waals surface area contributed by atoms with Crippen molar-refractivity contribution in [3.63, 3.8) is 0 Å². The van der Waals surface area contributed by atoms with Gasteiger partial charge in [-0.05, 0) is 30.3 Å². The van der Waals surface area contributed by atoms with Crippen molar-refractivity contribution in [2.45, 2.75) is 0 Å². The van der Waals surface area contributed by atoms with E-state index in [0.29, 0.717) is 5.52 Å². The van der Waals surface area contributed by atoms with Gasteiger partial charge in [-0.15, -0.1) is 0 Å². The van der Waals surface area contributed by atoms with E-state index in [0.717, 1.165) is 4.31 Å². The molecular formula is C16H9N4O4S-. The number of fused-ring (bicyclic) bond motifs is 1. The van der Waals surface area contributed by atoms with Crippen LogP contribution in [0, 0.1) is 11.3 Å². The van der Waals surface area contributed by atoms with Crippen LogP contribution in [0.1, 0.15) is 15.9 Å². The average molecular weight is 353 g/mol. The van der Waals surface area contributed by atoms with E-state index in [4.69, 9.17) is 5.26 Å². The van der Waals surface area contributed by atoms with Gasteiger partial charge in [-0.2, -0.15) is 5.26 Å². The van der Waals surface area contributed by atoms with E-state index in [2.05, 4.69) is 9.97 Å². The third kappa shape index (κ3) is 3.03. The third-order valence-electron chi connectivity index (χ3n) is 3.42. The van der Waals surface area contributed by atoms with Gasteiger partial charge in [0.15, 0.2) is 0 Å². The second kappa shape index (κ2) is 6.64. The first kappa shape index (κ1) is 16.5. The number of carboxylic acid groups (broad SMARTS) is 1. The van der Waals surface area contributed by atoms with Gasteiger partial charge >= 0.3 is 5.97 Å². The third-order valence-corrected chi connectivity index (χ3v) is 4.11. The van der Waals surface area contributed by atoms with Crippen molar-refractivity contribution in [2.75, 3.05) is 4.31 Å². The van der Waals surface area contributed by atoms with Crippen LogP contribution in [-0.2, 0) is 11.3 Å². The molecule has 1 atom stereocenters. The molecule has 0 fully saturated rings. The van der Waals surface area contributed by atoms with Crippen LogP contribution in [0.5, 0.6) is 0 Å². The van der Waals surface area contributed by atoms with Gasteiger partial charge in [0.25, 0.3) is 0 Å². The van der Waals surface area contributed by atoms with Gasteiger partial charge in [0.2, 0.25) is 0 Å². The Balaban J connectivity index is 2.33. The molecule has 1 aromatic heterocycles. The van der Waals surface area contributed by atoms with E-state index in [-0.39, 0.29) is 28.0 Å². The Bertz CT molecular complexity index is 1040. The number of hydrogen-bond acceptors (Lipinski definition) is 6. The van der Waals surface area contributed by atoms with Gasteiger partial charge in [-0.25, -0.2) is 4.79 Å². The normalized spacial score (nSPS) is 11.7. The second-order valence-electron chi connectivity index (χ2n) is 4.86. The summed E-state index contributed by atoms with van der Waals surface area (Å²) in [5.41, 5.74) is 0.581. The number of aromatic nitrogens is 2. The highest BCUT2D eigenvalue weighted by Gasteiger charge is 2.21. The van der Waals surface area contributed by atoms with Crippen LogP contribution >= 0.6 is 0 Å². The lowest BCUT2D eigenvalue weighted by atomic mass is 10.1. The molecular weight excluding hydrogens is 344 g/mol. The maximum Gasteiger partial charge on any atom is 0.337 e. The Morgan fingerprint density at radius 3 is 2.64 bits per heavy atom. The maximum absolute atomic E-state index is 11.9. The number of nitrogens with zero attached hydrogens (tertiary/aromatic N) is 4. The summed E-state index contributed by atoms with van der Waals surface area (Å²) in [5, 5.41) is 18.4. The molecule has 124 valence electrons. The van der Waals surface area contributed by atoms with E-state index in [1.165, 1.54) is 36.7 Å². The average Bonchev–Trinajstić information content (AvgIpc) is 2.61. The molecule has 0 saturated carbocycles. The standard InChI is InChI=1S/C16H10N4O4S/c17-9-10-4-5-11(16(21)22)14(8-10)20(25(23)24)13-3-1-2-12-15(13)19-7-6-18-12/h1-8H,(H,21,22)(H,23,24)/p-1. The van der Waals surface area contributed by atoms with E-state index >= 15 is 0 Å². The molecule has 8 nitrogen and oxygen atoms in total. The maximum atomic E-state index is 11.9. The number of aromatic carboxylic acids is 1. The van der Waals surface area contributed by atoms with Crippen LogP contribution in [0.3, 0.4) is 0 Å². The molecule has 2 aromatic carbocycles. The van der Waals surface area contributed by atoms with Crippen molar-refractivity contribution < 1.29 is 18.7 Å². The fourth-order valence-electron chi connectivity index (χ4n) is 2.38. The SMILES string of the molecule is N#Cc1ccc(C(=O)O)c(N(c2cccc3nccnc23)S(=O)[O-])c1. The molecule has 1 heterocycles. The lowest BCUT2D eigenvalue weighted by Crippen LogP contribution is -2.22. The molecule has 0 aliphatic heterocycles. The van der Waals surface area contributed by atoms with Crippen LogP contribution in [0.4, 0.5) is 11.4 Å². The molecule has 1 N–H and O–H groups in total. The van der Waals surface area contributed by atoms with E-state index in [1.807, 2.05) is 6.07 Å². The number of rotatable bonds is 4. The summed E-state index contributed by atoms with van der Waals surface area (Å²) in [4.78, 5) is 19.8. The minimum Gasteiger partial charge on any atom is -0.755 e. The summed E-state index contributed by atoms with van der Waals surface area (Å²) in [6.07, 6.45) is 2.87. The molecule has 0 amide bonds. The summed E-state index contributed by atoms with van der Waals surface area (Å²) in [5.74, 6) is -1.32. The molecule has 3 aromatic rings. The number of anilines is 2. The molecule has 9 heteroatoms. The molecule has 3 rings (SSSR count). The van der Waals surface area contributed by atoms with Crippen LogP contribution in [-0.4, -0.2) is 29.8 Å². The topological polar surface area (TPSA) is 130 Å². The summed E-state index contributed by atoms with van der Waals surface area (Å²) in [6, 6.07) is 10.3. The minimum absolute atomic E-state index is 0.127. The van der Waals surface area contributed by atoms with E-state index in [9.17, 15) is 18.7 Å². The van der Waals surface area contributed by atoms with Crippen molar-refractivity contribution in [2.24, 2.45) is 0 Å². The molecule has 0 bridgehead atoms. The largest absolute Gasteiger partial charge is 0.755 e. The lowest BCUT2D eigenvalue weighted by Gasteiger charge is -2.28. The zero-order valence-electron chi connectivity index (χ0n) is 12.5. The Hall–Kier alpha value is -3.35. The van der Waals surface area contributed by atoms with Gasteiger partial charge in [0.05, 0.1) is 45.4 Å². The van der Waals surface area contributed by atoms with Crippen molar-refractivity contribution in [1.82, 2.24) is 9.97 Å². The number of para-hydroxylation sites is 1. The van der Waals surface area contributed by atoms with E-state index in [1.54, 1.807) is 12.1 Å². The number of hydrogen-bond donors (Lipinski definition) is 1. The fourth-order valence-corrected chi connectivity index (χ4v) is 3.00. The highest BCUT2D eigenvalue weighted by molar-refractivity contribution is 7.81. The van der Waals surface area contributed by atoms with Gasteiger partial charge in [-0.3, -0.25) is 18.5 Å². The van der Waals surface area contributed by atoms with Gasteiger partial charge in [0, 0.05) is 12.4 Å². The Labute approximate surface area is 144 Å². The highest BCUT2D eigenvalue weighted by atomic mass is 32.2. The summed E-state index contributed by atoms with van der Waals surface area (Å²) in [6.45, 7) is 0. The lowest BCUT2D eigenvalue weighted by molar-refractivity contribution is 0.0698. The number of nitriles is 1. The quantitative estimate of drug-likeness (QED) is 0.711. The first-order valence-electron chi connectivity index (χ1n) is 6.89.